The molecule has 2 aromatic carbocycles. The second-order valence-electron chi connectivity index (χ2n) is 5.63. The van der Waals surface area contributed by atoms with Crippen LogP contribution in [0.3, 0.4) is 0 Å². The van der Waals surface area contributed by atoms with Crippen molar-refractivity contribution in [3.8, 4) is 5.75 Å². The van der Waals surface area contributed by atoms with Crippen LogP contribution in [0.4, 0.5) is 5.69 Å². The fourth-order valence-electron chi connectivity index (χ4n) is 3.08. The van der Waals surface area contributed by atoms with Crippen LogP contribution in [0.15, 0.2) is 42.5 Å². The van der Waals surface area contributed by atoms with Gasteiger partial charge in [-0.3, -0.25) is 9.59 Å². The van der Waals surface area contributed by atoms with Gasteiger partial charge in [0.05, 0.1) is 18.2 Å². The molecule has 0 fully saturated rings. The summed E-state index contributed by atoms with van der Waals surface area (Å²) in [6.45, 7) is 4.36. The van der Waals surface area contributed by atoms with E-state index in [-0.39, 0.29) is 18.1 Å². The number of ketones is 1. The Kier molecular flexibility index (Phi) is 4.15. The Balaban J connectivity index is 1.88. The summed E-state index contributed by atoms with van der Waals surface area (Å²) in [6, 6.07) is 12.9. The number of para-hydroxylation sites is 2. The lowest BCUT2D eigenvalue weighted by atomic mass is 9.96. The quantitative estimate of drug-likeness (QED) is 0.937. The highest BCUT2D eigenvalue weighted by atomic mass is 16.5. The van der Waals surface area contributed by atoms with E-state index >= 15 is 0 Å². The molecular weight excluding hydrogens is 290 g/mol. The Labute approximate surface area is 135 Å². The number of nitrogens with one attached hydrogen (secondary N) is 1. The summed E-state index contributed by atoms with van der Waals surface area (Å²) in [5, 5.41) is 2.91. The fraction of sp³-hybridized carbons (Fsp3) is 0.263. The Morgan fingerprint density at radius 2 is 2.00 bits per heavy atom. The van der Waals surface area contributed by atoms with Gasteiger partial charge in [-0.15, -0.1) is 0 Å². The molecule has 1 atom stereocenters. The summed E-state index contributed by atoms with van der Waals surface area (Å²) in [5.41, 5.74) is 3.13. The molecule has 1 N–H and O–H groups in total. The predicted octanol–water partition coefficient (Wildman–Crippen LogP) is 3.70. The van der Waals surface area contributed by atoms with Crippen LogP contribution in [0.2, 0.25) is 0 Å². The van der Waals surface area contributed by atoms with Crippen molar-refractivity contribution >= 4 is 17.4 Å². The third-order valence-electron chi connectivity index (χ3n) is 4.12. The zero-order valence-electron chi connectivity index (χ0n) is 13.3. The Hall–Kier alpha value is -2.62. The molecule has 2 aromatic rings. The Bertz CT molecular complexity index is 767. The molecule has 0 saturated heterocycles. The van der Waals surface area contributed by atoms with Crippen molar-refractivity contribution in [2.45, 2.75) is 26.2 Å². The van der Waals surface area contributed by atoms with Crippen LogP contribution in [0, 0.1) is 6.92 Å². The summed E-state index contributed by atoms with van der Waals surface area (Å²) in [6.07, 6.45) is 0.225. The van der Waals surface area contributed by atoms with Gasteiger partial charge in [0.2, 0.25) is 5.91 Å². The van der Waals surface area contributed by atoms with Gasteiger partial charge in [0.1, 0.15) is 5.75 Å². The molecule has 0 bridgehead atoms. The number of ether oxygens (including phenoxy) is 1. The number of carbonyl (C=O) groups excluding carboxylic acids is 2. The molecule has 118 valence electrons. The molecule has 0 heterocycles. The summed E-state index contributed by atoms with van der Waals surface area (Å²) >= 11 is 0. The standard InChI is InChI=1S/C19H19NO3/c1-3-23-17-10-5-4-9-15(17)20-19(22)14-11-16(21)13-8-6-7-12(2)18(13)14/h4-10,14H,3,11H2,1-2H3,(H,20,22). The Morgan fingerprint density at radius 3 is 2.78 bits per heavy atom. The molecule has 1 aliphatic carbocycles. The van der Waals surface area contributed by atoms with E-state index in [1.165, 1.54) is 0 Å². The molecule has 1 unspecified atom stereocenters. The number of rotatable bonds is 4. The summed E-state index contributed by atoms with van der Waals surface area (Å²) < 4.78 is 5.53. The van der Waals surface area contributed by atoms with Gasteiger partial charge < -0.3 is 10.1 Å². The first kappa shape index (κ1) is 15.3. The minimum Gasteiger partial charge on any atom is -0.492 e. The second-order valence-corrected chi connectivity index (χ2v) is 5.63. The number of amides is 1. The highest BCUT2D eigenvalue weighted by Gasteiger charge is 2.35. The third kappa shape index (κ3) is 2.84. The second kappa shape index (κ2) is 6.24. The Morgan fingerprint density at radius 1 is 1.22 bits per heavy atom. The van der Waals surface area contributed by atoms with E-state index in [1.54, 1.807) is 12.1 Å². The van der Waals surface area contributed by atoms with Gasteiger partial charge in [-0.05, 0) is 37.1 Å². The van der Waals surface area contributed by atoms with E-state index in [2.05, 4.69) is 5.32 Å². The lowest BCUT2D eigenvalue weighted by Crippen LogP contribution is -2.20. The van der Waals surface area contributed by atoms with Crippen molar-refractivity contribution in [2.75, 3.05) is 11.9 Å². The van der Waals surface area contributed by atoms with Crippen LogP contribution in [0.1, 0.15) is 40.7 Å². The van der Waals surface area contributed by atoms with Gasteiger partial charge in [-0.25, -0.2) is 0 Å². The van der Waals surface area contributed by atoms with E-state index in [0.29, 0.717) is 23.6 Å². The van der Waals surface area contributed by atoms with Crippen LogP contribution < -0.4 is 10.1 Å². The molecule has 4 nitrogen and oxygen atoms in total. The smallest absolute Gasteiger partial charge is 0.232 e. The lowest BCUT2D eigenvalue weighted by Gasteiger charge is -2.16. The predicted molar refractivity (Wildman–Crippen MR) is 89.1 cm³/mol. The molecule has 1 amide bonds. The van der Waals surface area contributed by atoms with Gasteiger partial charge in [0, 0.05) is 12.0 Å². The topological polar surface area (TPSA) is 55.4 Å². The van der Waals surface area contributed by atoms with E-state index < -0.39 is 5.92 Å². The number of benzene rings is 2. The first-order valence-electron chi connectivity index (χ1n) is 7.77. The third-order valence-corrected chi connectivity index (χ3v) is 4.12. The molecule has 3 rings (SSSR count). The summed E-state index contributed by atoms with van der Waals surface area (Å²) in [7, 11) is 0. The summed E-state index contributed by atoms with van der Waals surface area (Å²) in [4.78, 5) is 24.9. The molecule has 0 aromatic heterocycles. The van der Waals surface area contributed by atoms with Crippen molar-refractivity contribution in [3.63, 3.8) is 0 Å². The van der Waals surface area contributed by atoms with Crippen molar-refractivity contribution in [3.05, 3.63) is 59.2 Å². The van der Waals surface area contributed by atoms with Crippen LogP contribution in [0.5, 0.6) is 5.75 Å². The maximum Gasteiger partial charge on any atom is 0.232 e. The number of carbonyl (C=O) groups is 2. The van der Waals surface area contributed by atoms with Gasteiger partial charge >= 0.3 is 0 Å². The molecule has 0 radical (unpaired) electrons. The van der Waals surface area contributed by atoms with E-state index in [4.69, 9.17) is 4.74 Å². The number of hydrogen-bond acceptors (Lipinski definition) is 3. The average molecular weight is 309 g/mol. The molecule has 1 aliphatic rings. The van der Waals surface area contributed by atoms with Crippen LogP contribution in [-0.2, 0) is 4.79 Å². The first-order chi connectivity index (χ1) is 11.1. The van der Waals surface area contributed by atoms with Gasteiger partial charge in [0.25, 0.3) is 0 Å². The maximum absolute atomic E-state index is 12.7. The van der Waals surface area contributed by atoms with Crippen LogP contribution in [-0.4, -0.2) is 18.3 Å². The number of hydrogen-bond donors (Lipinski definition) is 1. The average Bonchev–Trinajstić information content (AvgIpc) is 2.88. The SMILES string of the molecule is CCOc1ccccc1NC(=O)C1CC(=O)c2cccc(C)c21. The van der Waals surface area contributed by atoms with E-state index in [0.717, 1.165) is 11.1 Å². The minimum atomic E-state index is -0.437. The van der Waals surface area contributed by atoms with Gasteiger partial charge in [0.15, 0.2) is 5.78 Å². The van der Waals surface area contributed by atoms with Gasteiger partial charge in [-0.1, -0.05) is 30.3 Å². The molecule has 0 spiro atoms. The van der Waals surface area contributed by atoms with Crippen molar-refractivity contribution in [1.82, 2.24) is 0 Å². The molecular formula is C19H19NO3. The highest BCUT2D eigenvalue weighted by molar-refractivity contribution is 6.10. The van der Waals surface area contributed by atoms with Crippen LogP contribution in [0.25, 0.3) is 0 Å². The zero-order valence-corrected chi connectivity index (χ0v) is 13.3. The van der Waals surface area contributed by atoms with Crippen molar-refractivity contribution in [2.24, 2.45) is 0 Å². The van der Waals surface area contributed by atoms with E-state index in [9.17, 15) is 9.59 Å². The molecule has 4 heteroatoms. The molecule has 23 heavy (non-hydrogen) atoms. The minimum absolute atomic E-state index is 0.0296. The molecule has 0 saturated carbocycles. The largest absolute Gasteiger partial charge is 0.492 e. The number of Topliss-reactive ketones (excluding diaryl/α,β-unsaturated/α-hetero) is 1. The zero-order chi connectivity index (χ0) is 16.4. The number of aryl methyl sites for hydroxylation is 1. The lowest BCUT2D eigenvalue weighted by molar-refractivity contribution is -0.117. The van der Waals surface area contributed by atoms with E-state index in [1.807, 2.05) is 44.2 Å². The number of fused-ring (bicyclic) bond motifs is 1. The highest BCUT2D eigenvalue weighted by Crippen LogP contribution is 2.36. The van der Waals surface area contributed by atoms with Crippen molar-refractivity contribution in [1.29, 1.82) is 0 Å². The monoisotopic (exact) mass is 309 g/mol. The maximum atomic E-state index is 12.7. The first-order valence-corrected chi connectivity index (χ1v) is 7.77. The van der Waals surface area contributed by atoms with Crippen LogP contribution >= 0.6 is 0 Å². The number of anilines is 1. The molecule has 0 aliphatic heterocycles. The normalized spacial score (nSPS) is 16.1. The fourth-order valence-corrected chi connectivity index (χ4v) is 3.08. The van der Waals surface area contributed by atoms with Gasteiger partial charge in [-0.2, -0.15) is 0 Å². The van der Waals surface area contributed by atoms with Crippen molar-refractivity contribution < 1.29 is 14.3 Å². The summed E-state index contributed by atoms with van der Waals surface area (Å²) in [5.74, 6) is 0.0616.